The van der Waals surface area contributed by atoms with E-state index in [1.165, 1.54) is 5.56 Å². The van der Waals surface area contributed by atoms with E-state index >= 15 is 0 Å². The van der Waals surface area contributed by atoms with Gasteiger partial charge in [-0.05, 0) is 47.5 Å². The molecule has 0 bridgehead atoms. The van der Waals surface area contributed by atoms with Gasteiger partial charge in [0.1, 0.15) is 0 Å². The van der Waals surface area contributed by atoms with Crippen LogP contribution < -0.4 is 14.8 Å². The predicted molar refractivity (Wildman–Crippen MR) is 88.4 cm³/mol. The number of nitrogens with one attached hydrogen (secondary N) is 1. The van der Waals surface area contributed by atoms with Crippen molar-refractivity contribution in [2.75, 3.05) is 39.6 Å². The van der Waals surface area contributed by atoms with Crippen LogP contribution in [0.5, 0.6) is 11.5 Å². The number of fused-ring (bicyclic) bond motifs is 1. The summed E-state index contributed by atoms with van der Waals surface area (Å²) in [4.78, 5) is 2.49. The van der Waals surface area contributed by atoms with Crippen LogP contribution in [0.15, 0.2) is 16.6 Å². The summed E-state index contributed by atoms with van der Waals surface area (Å²) in [5, 5.41) is 3.56. The summed E-state index contributed by atoms with van der Waals surface area (Å²) in [6.45, 7) is 10.3. The fourth-order valence-corrected chi connectivity index (χ4v) is 3.52. The molecule has 122 valence electrons. The second-order valence-electron chi connectivity index (χ2n) is 6.33. The number of hydrogen-bond acceptors (Lipinski definition) is 5. The zero-order valence-electron chi connectivity index (χ0n) is 13.2. The number of nitrogens with zero attached hydrogens (tertiary/aromatic N) is 1. The molecule has 1 aromatic rings. The molecule has 0 radical (unpaired) electrons. The molecule has 0 aromatic heterocycles. The summed E-state index contributed by atoms with van der Waals surface area (Å²) in [5.74, 6) is 1.62. The van der Waals surface area contributed by atoms with E-state index in [2.05, 4.69) is 46.1 Å². The van der Waals surface area contributed by atoms with Crippen LogP contribution in [0.2, 0.25) is 0 Å². The summed E-state index contributed by atoms with van der Waals surface area (Å²) in [6, 6.07) is 4.13. The van der Waals surface area contributed by atoms with Crippen molar-refractivity contribution in [2.45, 2.75) is 25.9 Å². The molecule has 1 aromatic carbocycles. The van der Waals surface area contributed by atoms with Crippen molar-refractivity contribution in [3.63, 3.8) is 0 Å². The van der Waals surface area contributed by atoms with Gasteiger partial charge in [-0.15, -0.1) is 0 Å². The van der Waals surface area contributed by atoms with Gasteiger partial charge in [0.25, 0.3) is 0 Å². The molecule has 1 N–H and O–H groups in total. The van der Waals surface area contributed by atoms with E-state index in [0.717, 1.165) is 55.4 Å². The minimum absolute atomic E-state index is 0.122. The van der Waals surface area contributed by atoms with Gasteiger partial charge in [0, 0.05) is 31.7 Å². The molecule has 1 saturated heterocycles. The van der Waals surface area contributed by atoms with Gasteiger partial charge in [0.2, 0.25) is 6.79 Å². The van der Waals surface area contributed by atoms with Crippen LogP contribution in [0, 0.1) is 0 Å². The van der Waals surface area contributed by atoms with E-state index in [9.17, 15) is 0 Å². The van der Waals surface area contributed by atoms with Crippen molar-refractivity contribution in [1.82, 2.24) is 10.2 Å². The fourth-order valence-electron chi connectivity index (χ4n) is 2.92. The summed E-state index contributed by atoms with van der Waals surface area (Å²) in [7, 11) is 0. The van der Waals surface area contributed by atoms with Gasteiger partial charge in [-0.1, -0.05) is 0 Å². The van der Waals surface area contributed by atoms with Crippen LogP contribution in [-0.2, 0) is 11.3 Å². The summed E-state index contributed by atoms with van der Waals surface area (Å²) >= 11 is 3.54. The molecule has 2 heterocycles. The Morgan fingerprint density at radius 2 is 2.00 bits per heavy atom. The quantitative estimate of drug-likeness (QED) is 0.861. The van der Waals surface area contributed by atoms with E-state index in [1.54, 1.807) is 0 Å². The van der Waals surface area contributed by atoms with E-state index in [0.29, 0.717) is 6.79 Å². The Labute approximate surface area is 140 Å². The van der Waals surface area contributed by atoms with Gasteiger partial charge in [0.15, 0.2) is 11.5 Å². The number of ether oxygens (including phenoxy) is 3. The Balaban J connectivity index is 1.55. The van der Waals surface area contributed by atoms with E-state index in [1.807, 2.05) is 6.07 Å². The first-order chi connectivity index (χ1) is 10.6. The van der Waals surface area contributed by atoms with E-state index in [4.69, 9.17) is 14.2 Å². The highest BCUT2D eigenvalue weighted by atomic mass is 79.9. The van der Waals surface area contributed by atoms with Crippen LogP contribution >= 0.6 is 15.9 Å². The molecule has 1 fully saturated rings. The third kappa shape index (κ3) is 3.56. The number of rotatable bonds is 5. The Morgan fingerprint density at radius 3 is 2.77 bits per heavy atom. The molecule has 0 saturated carbocycles. The zero-order valence-corrected chi connectivity index (χ0v) is 14.7. The first-order valence-corrected chi connectivity index (χ1v) is 8.47. The lowest BCUT2D eigenvalue weighted by Crippen LogP contribution is -2.54. The molecular weight excluding hydrogens is 348 g/mol. The van der Waals surface area contributed by atoms with E-state index < -0.39 is 0 Å². The molecule has 0 unspecified atom stereocenters. The molecule has 2 aliphatic heterocycles. The van der Waals surface area contributed by atoms with Crippen LogP contribution in [0.3, 0.4) is 0 Å². The SMILES string of the molecule is CC(C)(CNCc1cc(Br)c2c(c1)OCO2)N1CCOCC1. The van der Waals surface area contributed by atoms with Crippen molar-refractivity contribution in [1.29, 1.82) is 0 Å². The average molecular weight is 371 g/mol. The maximum atomic E-state index is 5.46. The molecule has 0 atom stereocenters. The van der Waals surface area contributed by atoms with Crippen molar-refractivity contribution >= 4 is 15.9 Å². The number of halogens is 1. The maximum absolute atomic E-state index is 5.46. The smallest absolute Gasteiger partial charge is 0.231 e. The molecule has 22 heavy (non-hydrogen) atoms. The topological polar surface area (TPSA) is 43.0 Å². The van der Waals surface area contributed by atoms with Crippen molar-refractivity contribution < 1.29 is 14.2 Å². The lowest BCUT2D eigenvalue weighted by molar-refractivity contribution is -0.00967. The average Bonchev–Trinajstić information content (AvgIpc) is 2.97. The second kappa shape index (κ2) is 6.74. The van der Waals surface area contributed by atoms with Gasteiger partial charge in [-0.25, -0.2) is 0 Å². The summed E-state index contributed by atoms with van der Waals surface area (Å²) in [5.41, 5.74) is 1.31. The predicted octanol–water partition coefficient (Wildman–Crippen LogP) is 2.38. The summed E-state index contributed by atoms with van der Waals surface area (Å²) in [6.07, 6.45) is 0. The van der Waals surface area contributed by atoms with Crippen LogP contribution in [-0.4, -0.2) is 50.1 Å². The van der Waals surface area contributed by atoms with Gasteiger partial charge in [-0.3, -0.25) is 4.90 Å². The Bertz CT molecular complexity index is 530. The minimum Gasteiger partial charge on any atom is -0.454 e. The lowest BCUT2D eigenvalue weighted by Gasteiger charge is -2.41. The largest absolute Gasteiger partial charge is 0.454 e. The third-order valence-corrected chi connectivity index (χ3v) is 4.83. The fraction of sp³-hybridized carbons (Fsp3) is 0.625. The first kappa shape index (κ1) is 16.1. The molecule has 0 spiro atoms. The maximum Gasteiger partial charge on any atom is 0.231 e. The van der Waals surface area contributed by atoms with Crippen molar-refractivity contribution in [3.8, 4) is 11.5 Å². The monoisotopic (exact) mass is 370 g/mol. The molecule has 5 nitrogen and oxygen atoms in total. The van der Waals surface area contributed by atoms with E-state index in [-0.39, 0.29) is 5.54 Å². The Kier molecular flexibility index (Phi) is 4.92. The summed E-state index contributed by atoms with van der Waals surface area (Å²) < 4.78 is 17.3. The highest BCUT2D eigenvalue weighted by Gasteiger charge is 2.27. The van der Waals surface area contributed by atoms with Crippen LogP contribution in [0.4, 0.5) is 0 Å². The van der Waals surface area contributed by atoms with Crippen LogP contribution in [0.1, 0.15) is 19.4 Å². The van der Waals surface area contributed by atoms with Crippen molar-refractivity contribution in [3.05, 3.63) is 22.2 Å². The van der Waals surface area contributed by atoms with Crippen molar-refractivity contribution in [2.24, 2.45) is 0 Å². The first-order valence-electron chi connectivity index (χ1n) is 7.68. The molecule has 2 aliphatic rings. The van der Waals surface area contributed by atoms with Gasteiger partial charge >= 0.3 is 0 Å². The van der Waals surface area contributed by atoms with Gasteiger partial charge in [0.05, 0.1) is 17.7 Å². The molecule has 0 amide bonds. The third-order valence-electron chi connectivity index (χ3n) is 4.24. The number of hydrogen-bond donors (Lipinski definition) is 1. The number of morpholine rings is 1. The molecular formula is C16H23BrN2O3. The normalized spacial score (nSPS) is 18.7. The van der Waals surface area contributed by atoms with Gasteiger partial charge in [-0.2, -0.15) is 0 Å². The molecule has 3 rings (SSSR count). The number of benzene rings is 1. The van der Waals surface area contributed by atoms with Crippen LogP contribution in [0.25, 0.3) is 0 Å². The molecule has 0 aliphatic carbocycles. The molecule has 6 heteroatoms. The van der Waals surface area contributed by atoms with Gasteiger partial charge < -0.3 is 19.5 Å². The Hall–Kier alpha value is -0.820. The standard InChI is InChI=1S/C16H23BrN2O3/c1-16(2,19-3-5-20-6-4-19)10-18-9-12-7-13(17)15-14(8-12)21-11-22-15/h7-8,18H,3-6,9-11H2,1-2H3. The second-order valence-corrected chi connectivity index (χ2v) is 7.18. The lowest BCUT2D eigenvalue weighted by atomic mass is 10.0. The highest BCUT2D eigenvalue weighted by Crippen LogP contribution is 2.39. The Morgan fingerprint density at radius 1 is 1.23 bits per heavy atom. The zero-order chi connectivity index (χ0) is 15.6. The minimum atomic E-state index is 0.122. The highest BCUT2D eigenvalue weighted by molar-refractivity contribution is 9.10.